The summed E-state index contributed by atoms with van der Waals surface area (Å²) in [6.45, 7) is 4.38. The van der Waals surface area contributed by atoms with Crippen molar-refractivity contribution in [3.63, 3.8) is 0 Å². The molecular weight excluding hydrogens is 881 g/mol. The molecule has 19 heteroatoms. The van der Waals surface area contributed by atoms with Crippen LogP contribution < -0.4 is 5.32 Å². The van der Waals surface area contributed by atoms with E-state index in [1.807, 2.05) is 15.9 Å². The van der Waals surface area contributed by atoms with E-state index in [0.29, 0.717) is 50.7 Å². The highest BCUT2D eigenvalue weighted by molar-refractivity contribution is 5.79. The Labute approximate surface area is 405 Å². The summed E-state index contributed by atoms with van der Waals surface area (Å²) in [7, 11) is 9.90. The summed E-state index contributed by atoms with van der Waals surface area (Å²) < 4.78 is 12.5. The van der Waals surface area contributed by atoms with E-state index in [9.17, 15) is 24.3 Å². The second kappa shape index (κ2) is 20.2. The molecule has 2 N–H and O–H groups in total. The van der Waals surface area contributed by atoms with E-state index >= 15 is 0 Å². The van der Waals surface area contributed by atoms with Gasteiger partial charge in [-0.05, 0) is 117 Å². The first-order valence-corrected chi connectivity index (χ1v) is 24.4. The minimum absolute atomic E-state index is 0.0134. The van der Waals surface area contributed by atoms with Crippen LogP contribution in [0, 0.1) is 0 Å². The fourth-order valence-electron chi connectivity index (χ4n) is 11.6. The summed E-state index contributed by atoms with van der Waals surface area (Å²) in [5, 5.41) is 30.6. The second-order valence-corrected chi connectivity index (χ2v) is 20.4. The summed E-state index contributed by atoms with van der Waals surface area (Å²) in [5.41, 5.74) is 2.48. The standard InChI is InChI=1S/C27H38N6O4.C23H32N6O3/c1-30(2)27(21-8-5-4-6-9-21)14-12-25(13-15-27)19-31(24(35)33(25)20-26(36)10-7-11-26)16-22-17-32(29-28-22)18-23(34)37-3;1-4-32-20(30)16-29-15-19(25-26-29)14-28-17-22(24-21(28)31)10-12-23(13-11-22,27(2)3)18-8-6-5-7-9-18/h4-6,8-9,17,36H,7,10-16,18-20H2,1-3H3;5-9,15H,4,10-14,16-17H2,1-3H3,(H,24,31). The van der Waals surface area contributed by atoms with Crippen molar-refractivity contribution < 1.29 is 33.8 Å². The van der Waals surface area contributed by atoms with Gasteiger partial charge >= 0.3 is 24.0 Å². The van der Waals surface area contributed by atoms with Crippen LogP contribution in [0.2, 0.25) is 0 Å². The number of esters is 2. The van der Waals surface area contributed by atoms with E-state index < -0.39 is 11.6 Å². The number of benzene rings is 2. The minimum atomic E-state index is -0.794. The first-order valence-electron chi connectivity index (χ1n) is 24.4. The Bertz CT molecular complexity index is 2400. The number of rotatable bonds is 15. The average molecular weight is 951 g/mol. The summed E-state index contributed by atoms with van der Waals surface area (Å²) in [6.07, 6.45) is 13.2. The highest BCUT2D eigenvalue weighted by atomic mass is 16.5. The number of aromatic nitrogens is 6. The predicted octanol–water partition coefficient (Wildman–Crippen LogP) is 4.51. The number of methoxy groups -OCH3 is 1. The molecule has 2 aliphatic heterocycles. The molecule has 4 aromatic rings. The highest BCUT2D eigenvalue weighted by Crippen LogP contribution is 2.50. The molecule has 5 fully saturated rings. The lowest BCUT2D eigenvalue weighted by atomic mass is 9.67. The molecule has 3 saturated carbocycles. The lowest BCUT2D eigenvalue weighted by Gasteiger charge is -2.52. The number of aliphatic hydroxyl groups is 1. The summed E-state index contributed by atoms with van der Waals surface area (Å²) in [5.74, 6) is -0.760. The monoisotopic (exact) mass is 951 g/mol. The van der Waals surface area contributed by atoms with Gasteiger partial charge in [-0.3, -0.25) is 19.4 Å². The molecule has 19 nitrogen and oxygen atoms in total. The Balaban J connectivity index is 0.000000188. The normalized spacial score (nSPS) is 26.3. The lowest BCUT2D eigenvalue weighted by molar-refractivity contribution is -0.144. The first-order chi connectivity index (χ1) is 33.0. The zero-order valence-electron chi connectivity index (χ0n) is 41.2. The van der Waals surface area contributed by atoms with Gasteiger partial charge < -0.3 is 34.6 Å². The molecule has 2 aromatic heterocycles. The average Bonchev–Trinajstić information content (AvgIpc) is 4.10. The number of ether oxygens (including phenoxy) is 2. The number of carbonyl (C=O) groups is 4. The van der Waals surface area contributed by atoms with Crippen molar-refractivity contribution in [2.24, 2.45) is 0 Å². The van der Waals surface area contributed by atoms with E-state index in [0.717, 1.165) is 70.6 Å². The van der Waals surface area contributed by atoms with Crippen molar-refractivity contribution >= 4 is 24.0 Å². The lowest BCUT2D eigenvalue weighted by Crippen LogP contribution is -2.59. The summed E-state index contributed by atoms with van der Waals surface area (Å²) in [6, 6.07) is 21.2. The maximum atomic E-state index is 13.8. The number of amides is 4. The molecule has 5 aliphatic rings. The molecule has 69 heavy (non-hydrogen) atoms. The van der Waals surface area contributed by atoms with Gasteiger partial charge in [-0.2, -0.15) is 0 Å². The van der Waals surface area contributed by atoms with Gasteiger partial charge in [0.2, 0.25) is 0 Å². The number of hydrogen-bond acceptors (Lipinski definition) is 13. The van der Waals surface area contributed by atoms with Crippen LogP contribution in [0.5, 0.6) is 0 Å². The van der Waals surface area contributed by atoms with E-state index in [1.54, 1.807) is 24.2 Å². The third-order valence-electron chi connectivity index (χ3n) is 15.8. The topological polar surface area (TPSA) is 197 Å². The van der Waals surface area contributed by atoms with Crippen molar-refractivity contribution in [2.45, 2.75) is 131 Å². The van der Waals surface area contributed by atoms with Crippen LogP contribution in [0.25, 0.3) is 0 Å². The van der Waals surface area contributed by atoms with Gasteiger partial charge in [0.05, 0.1) is 62.4 Å². The van der Waals surface area contributed by atoms with Gasteiger partial charge in [0.25, 0.3) is 0 Å². The number of nitrogens with zero attached hydrogens (tertiary/aromatic N) is 11. The van der Waals surface area contributed by atoms with Crippen LogP contribution in [0.15, 0.2) is 73.1 Å². The smallest absolute Gasteiger partial charge is 0.327 e. The molecule has 0 radical (unpaired) electrons. The molecule has 2 spiro atoms. The molecule has 9 rings (SSSR count). The fraction of sp³-hybridized carbons (Fsp3) is 0.600. The zero-order valence-corrected chi connectivity index (χ0v) is 41.2. The fourth-order valence-corrected chi connectivity index (χ4v) is 11.6. The molecule has 4 amide bonds. The number of hydrogen-bond donors (Lipinski definition) is 2. The number of β-amino-alcohol motifs (C(OH)–C–C–N with tert-alkyl or cyclic N) is 1. The zero-order chi connectivity index (χ0) is 49.0. The molecule has 0 unspecified atom stereocenters. The molecular formula is C50H70N12O7. The summed E-state index contributed by atoms with van der Waals surface area (Å²) in [4.78, 5) is 60.0. The van der Waals surface area contributed by atoms with Crippen LogP contribution in [-0.4, -0.2) is 162 Å². The molecule has 4 heterocycles. The Morgan fingerprint density at radius 3 is 1.68 bits per heavy atom. The minimum Gasteiger partial charge on any atom is -0.468 e. The van der Waals surface area contributed by atoms with Crippen molar-refractivity contribution in [1.29, 1.82) is 0 Å². The quantitative estimate of drug-likeness (QED) is 0.158. The highest BCUT2D eigenvalue weighted by Gasteiger charge is 2.57. The number of nitrogens with one attached hydrogen (secondary N) is 1. The van der Waals surface area contributed by atoms with Gasteiger partial charge in [0.1, 0.15) is 24.5 Å². The van der Waals surface area contributed by atoms with Crippen molar-refractivity contribution in [2.75, 3.05) is 61.5 Å². The Hall–Kier alpha value is -5.92. The van der Waals surface area contributed by atoms with E-state index in [1.165, 1.54) is 27.6 Å². The molecule has 3 aliphatic carbocycles. The Kier molecular flexibility index (Phi) is 14.5. The van der Waals surface area contributed by atoms with Crippen LogP contribution >= 0.6 is 0 Å². The van der Waals surface area contributed by atoms with Crippen LogP contribution in [0.4, 0.5) is 9.59 Å². The van der Waals surface area contributed by atoms with Gasteiger partial charge in [-0.1, -0.05) is 71.1 Å². The van der Waals surface area contributed by atoms with Crippen LogP contribution in [0.1, 0.15) is 100 Å². The van der Waals surface area contributed by atoms with Crippen molar-refractivity contribution in [3.8, 4) is 0 Å². The van der Waals surface area contributed by atoms with Crippen LogP contribution in [0.3, 0.4) is 0 Å². The van der Waals surface area contributed by atoms with Crippen molar-refractivity contribution in [3.05, 3.63) is 95.6 Å². The molecule has 2 aromatic carbocycles. The second-order valence-electron chi connectivity index (χ2n) is 20.4. The molecule has 372 valence electrons. The van der Waals surface area contributed by atoms with E-state index in [4.69, 9.17) is 9.47 Å². The Morgan fingerprint density at radius 1 is 0.696 bits per heavy atom. The number of carbonyl (C=O) groups excluding carboxylic acids is 4. The van der Waals surface area contributed by atoms with E-state index in [-0.39, 0.29) is 53.3 Å². The third kappa shape index (κ3) is 10.4. The third-order valence-corrected chi connectivity index (χ3v) is 15.8. The SMILES string of the molecule is CCOC(=O)Cn1cc(CN2CC3(CCC(c4ccccc4)(N(C)C)CC3)NC2=O)nn1.COC(=O)Cn1cc(CN2CC3(CCC(c4ccccc4)(N(C)C)CC3)N(CC3(O)CCC3)C2=O)nn1. The van der Waals surface area contributed by atoms with Crippen molar-refractivity contribution in [1.82, 2.24) is 59.8 Å². The molecule has 0 atom stereocenters. The van der Waals surface area contributed by atoms with Gasteiger partial charge in [0, 0.05) is 24.2 Å². The maximum absolute atomic E-state index is 13.8. The van der Waals surface area contributed by atoms with Gasteiger partial charge in [0.15, 0.2) is 0 Å². The largest absolute Gasteiger partial charge is 0.468 e. The predicted molar refractivity (Wildman–Crippen MR) is 255 cm³/mol. The molecule has 2 saturated heterocycles. The molecule has 0 bridgehead atoms. The van der Waals surface area contributed by atoms with Crippen LogP contribution in [-0.2, 0) is 56.3 Å². The maximum Gasteiger partial charge on any atom is 0.327 e. The Morgan fingerprint density at radius 2 is 1.20 bits per heavy atom. The van der Waals surface area contributed by atoms with E-state index in [2.05, 4.69) is 119 Å². The first kappa shape index (κ1) is 49.5. The number of urea groups is 2. The summed E-state index contributed by atoms with van der Waals surface area (Å²) >= 11 is 0. The van der Waals surface area contributed by atoms with Gasteiger partial charge in [-0.15, -0.1) is 10.2 Å². The van der Waals surface area contributed by atoms with Gasteiger partial charge in [-0.25, -0.2) is 19.0 Å².